The number of rotatable bonds is 5. The third kappa shape index (κ3) is 4.00. The highest BCUT2D eigenvalue weighted by atomic mass is 16.1. The van der Waals surface area contributed by atoms with Gasteiger partial charge in [0.05, 0.1) is 17.8 Å². The van der Waals surface area contributed by atoms with Gasteiger partial charge in [-0.3, -0.25) is 4.79 Å². The predicted molar refractivity (Wildman–Crippen MR) is 109 cm³/mol. The highest BCUT2D eigenvalue weighted by molar-refractivity contribution is 5.97. The Morgan fingerprint density at radius 3 is 1.96 bits per heavy atom. The third-order valence-corrected chi connectivity index (χ3v) is 5.00. The van der Waals surface area contributed by atoms with Gasteiger partial charge in [-0.15, -0.1) is 0 Å². The van der Waals surface area contributed by atoms with Crippen molar-refractivity contribution in [1.29, 1.82) is 0 Å². The molecule has 1 aromatic heterocycles. The van der Waals surface area contributed by atoms with E-state index in [0.29, 0.717) is 5.82 Å². The summed E-state index contributed by atoms with van der Waals surface area (Å²) in [6.45, 7) is 2.16. The lowest BCUT2D eigenvalue weighted by Crippen LogP contribution is -2.23. The predicted octanol–water partition coefficient (Wildman–Crippen LogP) is 4.45. The largest absolute Gasteiger partial charge is 0.370 e. The Morgan fingerprint density at radius 1 is 0.852 bits per heavy atom. The van der Waals surface area contributed by atoms with Crippen LogP contribution in [0.4, 0.5) is 11.5 Å². The monoisotopic (exact) mass is 357 g/mol. The smallest absolute Gasteiger partial charge is 0.237 e. The fourth-order valence-electron chi connectivity index (χ4n) is 3.61. The average molecular weight is 357 g/mol. The molecule has 0 unspecified atom stereocenters. The molecule has 1 aliphatic heterocycles. The van der Waals surface area contributed by atoms with Crippen LogP contribution in [-0.2, 0) is 4.79 Å². The summed E-state index contributed by atoms with van der Waals surface area (Å²) >= 11 is 0. The van der Waals surface area contributed by atoms with Gasteiger partial charge in [-0.05, 0) is 36.1 Å². The van der Waals surface area contributed by atoms with Crippen molar-refractivity contribution in [2.45, 2.75) is 18.8 Å². The van der Waals surface area contributed by atoms with Crippen LogP contribution in [0.2, 0.25) is 0 Å². The van der Waals surface area contributed by atoms with Crippen molar-refractivity contribution in [2.75, 3.05) is 23.3 Å². The van der Waals surface area contributed by atoms with Gasteiger partial charge in [-0.1, -0.05) is 60.7 Å². The zero-order chi connectivity index (χ0) is 18.5. The van der Waals surface area contributed by atoms with Crippen LogP contribution in [0.25, 0.3) is 0 Å². The van der Waals surface area contributed by atoms with Crippen molar-refractivity contribution in [2.24, 2.45) is 0 Å². The van der Waals surface area contributed by atoms with Crippen LogP contribution >= 0.6 is 0 Å². The lowest BCUT2D eigenvalue weighted by molar-refractivity contribution is -0.116. The molecule has 4 rings (SSSR count). The van der Waals surface area contributed by atoms with Crippen LogP contribution in [0.15, 0.2) is 79.0 Å². The molecule has 3 aromatic rings. The van der Waals surface area contributed by atoms with Gasteiger partial charge >= 0.3 is 0 Å². The summed E-state index contributed by atoms with van der Waals surface area (Å²) < 4.78 is 0. The minimum absolute atomic E-state index is 0.0752. The summed E-state index contributed by atoms with van der Waals surface area (Å²) in [5, 5.41) is 2.99. The zero-order valence-corrected chi connectivity index (χ0v) is 15.2. The minimum Gasteiger partial charge on any atom is -0.370 e. The average Bonchev–Trinajstić information content (AvgIpc) is 3.25. The summed E-state index contributed by atoms with van der Waals surface area (Å²) in [6, 6.07) is 23.6. The molecule has 1 aliphatic rings. The molecule has 0 spiro atoms. The van der Waals surface area contributed by atoms with E-state index in [2.05, 4.69) is 15.2 Å². The standard InChI is InChI=1S/C23H23N3O/c27-23(25-21-14-13-20(17-24-21)26-15-7-8-16-26)22(18-9-3-1-4-10-18)19-11-5-2-6-12-19/h1-6,9-14,17,22H,7-8,15-16H2,(H,24,25,27). The second-order valence-corrected chi connectivity index (χ2v) is 6.84. The van der Waals surface area contributed by atoms with E-state index in [9.17, 15) is 4.79 Å². The number of pyridine rings is 1. The SMILES string of the molecule is O=C(Nc1ccc(N2CCCC2)cn1)C(c1ccccc1)c1ccccc1. The molecular formula is C23H23N3O. The molecule has 1 saturated heterocycles. The van der Waals surface area contributed by atoms with Crippen LogP contribution in [-0.4, -0.2) is 24.0 Å². The van der Waals surface area contributed by atoms with Crippen LogP contribution in [0.1, 0.15) is 29.9 Å². The van der Waals surface area contributed by atoms with Crippen LogP contribution in [0.3, 0.4) is 0 Å². The molecule has 136 valence electrons. The van der Waals surface area contributed by atoms with E-state index in [4.69, 9.17) is 0 Å². The fraction of sp³-hybridized carbons (Fsp3) is 0.217. The maximum Gasteiger partial charge on any atom is 0.237 e. The number of amides is 1. The Kier molecular flexibility index (Phi) is 5.15. The number of hydrogen-bond donors (Lipinski definition) is 1. The molecule has 1 amide bonds. The second-order valence-electron chi connectivity index (χ2n) is 6.84. The van der Waals surface area contributed by atoms with E-state index in [0.717, 1.165) is 29.9 Å². The Morgan fingerprint density at radius 2 is 1.44 bits per heavy atom. The molecule has 27 heavy (non-hydrogen) atoms. The van der Waals surface area contributed by atoms with E-state index >= 15 is 0 Å². The summed E-state index contributed by atoms with van der Waals surface area (Å²) in [6.07, 6.45) is 4.31. The van der Waals surface area contributed by atoms with Gasteiger partial charge in [0.25, 0.3) is 0 Å². The van der Waals surface area contributed by atoms with Crippen LogP contribution < -0.4 is 10.2 Å². The normalized spacial score (nSPS) is 13.7. The van der Waals surface area contributed by atoms with Crippen LogP contribution in [0, 0.1) is 0 Å². The highest BCUT2D eigenvalue weighted by Crippen LogP contribution is 2.26. The van der Waals surface area contributed by atoms with Gasteiger partial charge in [0.2, 0.25) is 5.91 Å². The van der Waals surface area contributed by atoms with Gasteiger partial charge in [0.15, 0.2) is 0 Å². The lowest BCUT2D eigenvalue weighted by Gasteiger charge is -2.19. The van der Waals surface area contributed by atoms with Gasteiger partial charge in [-0.25, -0.2) is 4.98 Å². The molecule has 0 aliphatic carbocycles. The Labute approximate surface area is 159 Å². The Balaban J connectivity index is 1.55. The quantitative estimate of drug-likeness (QED) is 0.734. The van der Waals surface area contributed by atoms with Crippen molar-refractivity contribution < 1.29 is 4.79 Å². The molecule has 1 fully saturated rings. The number of nitrogens with one attached hydrogen (secondary N) is 1. The fourth-order valence-corrected chi connectivity index (χ4v) is 3.61. The summed E-state index contributed by atoms with van der Waals surface area (Å²) in [4.78, 5) is 19.9. The van der Waals surface area contributed by atoms with Gasteiger partial charge in [0, 0.05) is 13.1 Å². The number of carbonyl (C=O) groups excluding carboxylic acids is 1. The van der Waals surface area contributed by atoms with Crippen LogP contribution in [0.5, 0.6) is 0 Å². The zero-order valence-electron chi connectivity index (χ0n) is 15.2. The Hall–Kier alpha value is -3.14. The maximum atomic E-state index is 13.1. The molecule has 0 atom stereocenters. The highest BCUT2D eigenvalue weighted by Gasteiger charge is 2.23. The molecule has 4 heteroatoms. The first-order chi connectivity index (χ1) is 13.3. The molecule has 0 bridgehead atoms. The van der Waals surface area contributed by atoms with E-state index in [-0.39, 0.29) is 11.8 Å². The lowest BCUT2D eigenvalue weighted by atomic mass is 9.90. The van der Waals surface area contributed by atoms with E-state index in [1.165, 1.54) is 12.8 Å². The number of nitrogens with zero attached hydrogens (tertiary/aromatic N) is 2. The molecule has 0 radical (unpaired) electrons. The first-order valence-corrected chi connectivity index (χ1v) is 9.43. The minimum atomic E-state index is -0.368. The summed E-state index contributed by atoms with van der Waals surface area (Å²) in [7, 11) is 0. The second kappa shape index (κ2) is 8.04. The first-order valence-electron chi connectivity index (χ1n) is 9.43. The van der Waals surface area contributed by atoms with Crippen molar-refractivity contribution in [1.82, 2.24) is 4.98 Å². The summed E-state index contributed by atoms with van der Waals surface area (Å²) in [5.74, 6) is 0.140. The van der Waals surface area contributed by atoms with Crippen molar-refractivity contribution in [3.05, 3.63) is 90.1 Å². The van der Waals surface area contributed by atoms with E-state index in [1.807, 2.05) is 79.0 Å². The summed E-state index contributed by atoms with van der Waals surface area (Å²) in [5.41, 5.74) is 3.05. The number of aromatic nitrogens is 1. The number of benzene rings is 2. The molecule has 2 aromatic carbocycles. The van der Waals surface area contributed by atoms with Crippen molar-refractivity contribution >= 4 is 17.4 Å². The molecule has 1 N–H and O–H groups in total. The van der Waals surface area contributed by atoms with Gasteiger partial charge in [-0.2, -0.15) is 0 Å². The van der Waals surface area contributed by atoms with E-state index in [1.54, 1.807) is 0 Å². The number of carbonyl (C=O) groups is 1. The van der Waals surface area contributed by atoms with Crippen molar-refractivity contribution in [3.8, 4) is 0 Å². The number of hydrogen-bond acceptors (Lipinski definition) is 3. The van der Waals surface area contributed by atoms with Gasteiger partial charge in [0.1, 0.15) is 5.82 Å². The first kappa shape index (κ1) is 17.3. The molecule has 4 nitrogen and oxygen atoms in total. The maximum absolute atomic E-state index is 13.1. The third-order valence-electron chi connectivity index (χ3n) is 5.00. The molecule has 0 saturated carbocycles. The topological polar surface area (TPSA) is 45.2 Å². The number of anilines is 2. The molecular weight excluding hydrogens is 334 g/mol. The van der Waals surface area contributed by atoms with E-state index < -0.39 is 0 Å². The van der Waals surface area contributed by atoms with Gasteiger partial charge < -0.3 is 10.2 Å². The Bertz CT molecular complexity index is 833. The molecule has 2 heterocycles. The van der Waals surface area contributed by atoms with Crippen molar-refractivity contribution in [3.63, 3.8) is 0 Å².